The summed E-state index contributed by atoms with van der Waals surface area (Å²) < 4.78 is 11.5. The predicted octanol–water partition coefficient (Wildman–Crippen LogP) is 4.80. The van der Waals surface area contributed by atoms with Crippen molar-refractivity contribution in [3.63, 3.8) is 0 Å². The lowest BCUT2D eigenvalue weighted by Crippen LogP contribution is -2.35. The van der Waals surface area contributed by atoms with Crippen molar-refractivity contribution < 1.29 is 24.2 Å². The zero-order valence-corrected chi connectivity index (χ0v) is 22.2. The van der Waals surface area contributed by atoms with E-state index in [0.29, 0.717) is 43.5 Å². The van der Waals surface area contributed by atoms with E-state index in [2.05, 4.69) is 13.8 Å². The highest BCUT2D eigenvalue weighted by Crippen LogP contribution is 2.40. The van der Waals surface area contributed by atoms with Crippen molar-refractivity contribution in [1.29, 1.82) is 0 Å². The third-order valence-electron chi connectivity index (χ3n) is 6.03. The molecular formula is C29H38N2O5. The maximum atomic E-state index is 13.3. The second-order valence-electron chi connectivity index (χ2n) is 9.89. The van der Waals surface area contributed by atoms with Crippen molar-refractivity contribution in [2.75, 3.05) is 40.4 Å². The third-order valence-corrected chi connectivity index (χ3v) is 6.03. The van der Waals surface area contributed by atoms with E-state index >= 15 is 0 Å². The first-order valence-electron chi connectivity index (χ1n) is 12.5. The molecule has 1 N–H and O–H groups in total. The summed E-state index contributed by atoms with van der Waals surface area (Å²) in [5.74, 6) is 0.341. The number of hydrogen-bond donors (Lipinski definition) is 1. The summed E-state index contributed by atoms with van der Waals surface area (Å²) in [5, 5.41) is 11.4. The molecule has 7 heteroatoms. The van der Waals surface area contributed by atoms with Crippen LogP contribution in [-0.4, -0.2) is 67.0 Å². The molecule has 0 aliphatic carbocycles. The van der Waals surface area contributed by atoms with Gasteiger partial charge in [0.2, 0.25) is 0 Å². The first-order chi connectivity index (χ1) is 17.1. The molecule has 7 nitrogen and oxygen atoms in total. The molecule has 36 heavy (non-hydrogen) atoms. The quantitative estimate of drug-likeness (QED) is 0.275. The average molecular weight is 495 g/mol. The van der Waals surface area contributed by atoms with Gasteiger partial charge in [0, 0.05) is 18.7 Å². The topological polar surface area (TPSA) is 79.3 Å². The molecule has 1 atom stereocenters. The lowest BCUT2D eigenvalue weighted by Gasteiger charge is -2.27. The highest BCUT2D eigenvalue weighted by molar-refractivity contribution is 6.46. The van der Waals surface area contributed by atoms with E-state index < -0.39 is 17.7 Å². The minimum atomic E-state index is -0.693. The van der Waals surface area contributed by atoms with Crippen molar-refractivity contribution in [3.05, 3.63) is 64.7 Å². The molecule has 0 radical (unpaired) electrons. The molecule has 2 aromatic carbocycles. The van der Waals surface area contributed by atoms with Crippen LogP contribution in [0.5, 0.6) is 11.5 Å². The van der Waals surface area contributed by atoms with Crippen LogP contribution in [0.1, 0.15) is 49.9 Å². The minimum Gasteiger partial charge on any atom is -0.507 e. The van der Waals surface area contributed by atoms with Crippen molar-refractivity contribution in [2.45, 2.75) is 40.2 Å². The van der Waals surface area contributed by atoms with Crippen molar-refractivity contribution in [1.82, 2.24) is 9.80 Å². The van der Waals surface area contributed by atoms with Gasteiger partial charge in [-0.3, -0.25) is 9.59 Å². The maximum absolute atomic E-state index is 13.3. The number of nitrogens with zero attached hydrogens (tertiary/aromatic N) is 2. The Bertz CT molecular complexity index is 1110. The fraction of sp³-hybridized carbons (Fsp3) is 0.448. The zero-order chi connectivity index (χ0) is 26.4. The van der Waals surface area contributed by atoms with Crippen molar-refractivity contribution in [3.8, 4) is 11.5 Å². The second-order valence-corrected chi connectivity index (χ2v) is 9.89. The van der Waals surface area contributed by atoms with Crippen LogP contribution in [0.15, 0.2) is 48.0 Å². The van der Waals surface area contributed by atoms with Crippen LogP contribution < -0.4 is 9.47 Å². The Morgan fingerprint density at radius 3 is 2.31 bits per heavy atom. The molecule has 194 valence electrons. The minimum absolute atomic E-state index is 0.0972. The molecule has 0 spiro atoms. The Balaban J connectivity index is 2.05. The number of Topliss-reactive ketones (excluding diaryl/α,β-unsaturated/α-hetero) is 1. The highest BCUT2D eigenvalue weighted by atomic mass is 16.5. The summed E-state index contributed by atoms with van der Waals surface area (Å²) in [6.07, 6.45) is 0.896. The van der Waals surface area contributed by atoms with Gasteiger partial charge in [-0.05, 0) is 74.8 Å². The number of aliphatic hydroxyl groups is 1. The van der Waals surface area contributed by atoms with Gasteiger partial charge in [-0.15, -0.1) is 0 Å². The maximum Gasteiger partial charge on any atom is 0.295 e. The molecule has 1 unspecified atom stereocenters. The number of aliphatic hydroxyl groups excluding tert-OH is 1. The summed E-state index contributed by atoms with van der Waals surface area (Å²) in [5.41, 5.74) is 2.11. The number of aryl methyl sites for hydroxylation is 1. The fourth-order valence-electron chi connectivity index (χ4n) is 4.13. The standard InChI is InChI=1S/C29H38N2O5/c1-7-16-35-22-10-8-21(9-11-22)26-25(28(33)29(34)31(26)15-14-30(5)6)27(32)24-13-12-23(17-20(24)4)36-18-19(2)3/h8-13,17,19,26,32H,7,14-16,18H2,1-6H3/b27-25+. The van der Waals surface area contributed by atoms with Gasteiger partial charge in [0.1, 0.15) is 17.3 Å². The number of carbonyl (C=O) groups is 2. The van der Waals surface area contributed by atoms with Crippen LogP contribution in [0, 0.1) is 12.8 Å². The number of hydrogen-bond acceptors (Lipinski definition) is 6. The molecule has 1 saturated heterocycles. The van der Waals surface area contributed by atoms with Crippen LogP contribution in [0.4, 0.5) is 0 Å². The summed E-state index contributed by atoms with van der Waals surface area (Å²) in [4.78, 5) is 29.9. The summed E-state index contributed by atoms with van der Waals surface area (Å²) in [6, 6.07) is 12.1. The molecule has 1 aliphatic rings. The highest BCUT2D eigenvalue weighted by Gasteiger charge is 2.46. The van der Waals surface area contributed by atoms with Crippen LogP contribution in [0.25, 0.3) is 5.76 Å². The number of carbonyl (C=O) groups excluding carboxylic acids is 2. The SMILES string of the molecule is CCCOc1ccc(C2/C(=C(\O)c3ccc(OCC(C)C)cc3C)C(=O)C(=O)N2CCN(C)C)cc1. The summed E-state index contributed by atoms with van der Waals surface area (Å²) in [6.45, 7) is 10.2. The van der Waals surface area contributed by atoms with E-state index in [4.69, 9.17) is 9.47 Å². The Morgan fingerprint density at radius 2 is 1.72 bits per heavy atom. The molecule has 1 amide bonds. The van der Waals surface area contributed by atoms with Gasteiger partial charge < -0.3 is 24.4 Å². The molecule has 2 aromatic rings. The number of ketones is 1. The van der Waals surface area contributed by atoms with Crippen LogP contribution in [0.2, 0.25) is 0 Å². The first-order valence-corrected chi connectivity index (χ1v) is 12.5. The van der Waals surface area contributed by atoms with Crippen LogP contribution in [-0.2, 0) is 9.59 Å². The fourth-order valence-corrected chi connectivity index (χ4v) is 4.13. The van der Waals surface area contributed by atoms with Gasteiger partial charge in [-0.2, -0.15) is 0 Å². The first kappa shape index (κ1) is 27.3. The molecule has 1 fully saturated rings. The average Bonchev–Trinajstić information content (AvgIpc) is 3.09. The lowest BCUT2D eigenvalue weighted by molar-refractivity contribution is -0.140. The van der Waals surface area contributed by atoms with E-state index in [0.717, 1.165) is 23.3 Å². The molecule has 0 saturated carbocycles. The van der Waals surface area contributed by atoms with Crippen molar-refractivity contribution >= 4 is 17.4 Å². The van der Waals surface area contributed by atoms with Crippen LogP contribution >= 0.6 is 0 Å². The Morgan fingerprint density at radius 1 is 1.06 bits per heavy atom. The lowest BCUT2D eigenvalue weighted by atomic mass is 9.94. The van der Waals surface area contributed by atoms with E-state index in [-0.39, 0.29) is 11.3 Å². The number of likely N-dealkylation sites (N-methyl/N-ethyl adjacent to an activating group) is 1. The third kappa shape index (κ3) is 6.26. The number of ether oxygens (including phenoxy) is 2. The van der Waals surface area contributed by atoms with E-state index in [1.54, 1.807) is 17.0 Å². The van der Waals surface area contributed by atoms with Crippen molar-refractivity contribution in [2.24, 2.45) is 5.92 Å². The smallest absolute Gasteiger partial charge is 0.295 e. The molecule has 3 rings (SSSR count). The van der Waals surface area contributed by atoms with Gasteiger partial charge in [-0.25, -0.2) is 0 Å². The number of benzene rings is 2. The molecule has 0 aromatic heterocycles. The van der Waals surface area contributed by atoms with E-state index in [1.165, 1.54) is 0 Å². The van der Waals surface area contributed by atoms with Crippen LogP contribution in [0.3, 0.4) is 0 Å². The Kier molecular flexibility index (Phi) is 9.15. The zero-order valence-electron chi connectivity index (χ0n) is 22.2. The van der Waals surface area contributed by atoms with Gasteiger partial charge in [0.05, 0.1) is 24.8 Å². The molecule has 1 aliphatic heterocycles. The molecule has 0 bridgehead atoms. The summed E-state index contributed by atoms with van der Waals surface area (Å²) >= 11 is 0. The van der Waals surface area contributed by atoms with Gasteiger partial charge >= 0.3 is 0 Å². The number of rotatable bonds is 11. The number of amides is 1. The normalized spacial score (nSPS) is 17.3. The van der Waals surface area contributed by atoms with E-state index in [9.17, 15) is 14.7 Å². The predicted molar refractivity (Wildman–Crippen MR) is 141 cm³/mol. The Hall–Kier alpha value is -3.32. The summed E-state index contributed by atoms with van der Waals surface area (Å²) in [7, 11) is 3.83. The molecule has 1 heterocycles. The molecular weight excluding hydrogens is 456 g/mol. The van der Waals surface area contributed by atoms with Gasteiger partial charge in [0.25, 0.3) is 11.7 Å². The largest absolute Gasteiger partial charge is 0.507 e. The second kappa shape index (κ2) is 12.1. The Labute approximate surface area is 214 Å². The monoisotopic (exact) mass is 494 g/mol. The van der Waals surface area contributed by atoms with Gasteiger partial charge in [0.15, 0.2) is 0 Å². The number of likely N-dealkylation sites (tertiary alicyclic amines) is 1. The van der Waals surface area contributed by atoms with E-state index in [1.807, 2.05) is 63.2 Å². The van der Waals surface area contributed by atoms with Gasteiger partial charge in [-0.1, -0.05) is 32.9 Å².